The summed E-state index contributed by atoms with van der Waals surface area (Å²) in [6.07, 6.45) is 1.01. The first-order valence-corrected chi connectivity index (χ1v) is 22.0. The van der Waals surface area contributed by atoms with Gasteiger partial charge in [-0.05, 0) is 55.7 Å². The molecule has 0 spiro atoms. The van der Waals surface area contributed by atoms with Crippen molar-refractivity contribution in [3.05, 3.63) is 71.3 Å². The summed E-state index contributed by atoms with van der Waals surface area (Å²) >= 11 is 0. The second kappa shape index (κ2) is 24.3. The van der Waals surface area contributed by atoms with E-state index >= 15 is 0 Å². The molecule has 0 saturated carbocycles. The summed E-state index contributed by atoms with van der Waals surface area (Å²) < 4.78 is 17.1. The van der Waals surface area contributed by atoms with E-state index in [2.05, 4.69) is 34.9 Å². The molecule has 1 heterocycles. The minimum absolute atomic E-state index is 0.00391. The number of nitrogens with zero attached hydrogens (tertiary/aromatic N) is 3. The summed E-state index contributed by atoms with van der Waals surface area (Å²) in [6.45, 7) is 16.8. The van der Waals surface area contributed by atoms with Gasteiger partial charge in [0.2, 0.25) is 23.6 Å². The number of aryl methyl sites for hydroxylation is 1. The van der Waals surface area contributed by atoms with Crippen LogP contribution in [0.15, 0.2) is 54.6 Å². The molecule has 2 N–H and O–H groups in total. The molecule has 13 heteroatoms. The van der Waals surface area contributed by atoms with Crippen molar-refractivity contribution in [1.29, 1.82) is 0 Å². The van der Waals surface area contributed by atoms with Crippen molar-refractivity contribution in [2.45, 2.75) is 136 Å². The number of hydrogen-bond donors (Lipinski definition) is 2. The molecule has 340 valence electrons. The van der Waals surface area contributed by atoms with Gasteiger partial charge in [0.25, 0.3) is 0 Å². The largest absolute Gasteiger partial charge is 0.467 e. The molecule has 61 heavy (non-hydrogen) atoms. The van der Waals surface area contributed by atoms with Crippen molar-refractivity contribution in [1.82, 2.24) is 25.3 Å². The number of likely N-dealkylation sites (tertiary alicyclic amines) is 1. The Bertz CT molecular complexity index is 1710. The number of hydrogen-bond acceptors (Lipinski definition) is 9. The van der Waals surface area contributed by atoms with Crippen LogP contribution in [-0.4, -0.2) is 129 Å². The van der Waals surface area contributed by atoms with Gasteiger partial charge in [-0.2, -0.15) is 0 Å². The lowest BCUT2D eigenvalue weighted by Crippen LogP contribution is -2.60. The first-order valence-electron chi connectivity index (χ1n) is 22.0. The first-order chi connectivity index (χ1) is 28.9. The average molecular weight is 850 g/mol. The molecule has 1 saturated heterocycles. The zero-order valence-electron chi connectivity index (χ0n) is 39.1. The number of carbonyl (C=O) groups is 5. The predicted molar refractivity (Wildman–Crippen MR) is 238 cm³/mol. The quantitative estimate of drug-likeness (QED) is 0.140. The van der Waals surface area contributed by atoms with Gasteiger partial charge in [0.1, 0.15) is 12.1 Å². The van der Waals surface area contributed by atoms with E-state index in [1.54, 1.807) is 30.9 Å². The summed E-state index contributed by atoms with van der Waals surface area (Å²) in [5, 5.41) is 6.00. The molecule has 13 nitrogen and oxygen atoms in total. The van der Waals surface area contributed by atoms with Crippen LogP contribution in [0.1, 0.15) is 90.8 Å². The minimum atomic E-state index is -0.897. The van der Waals surface area contributed by atoms with Gasteiger partial charge < -0.3 is 34.6 Å². The number of nitrogens with one attached hydrogen (secondary N) is 2. The molecule has 9 atom stereocenters. The molecule has 0 radical (unpaired) electrons. The summed E-state index contributed by atoms with van der Waals surface area (Å²) in [7, 11) is 8.05. The smallest absolute Gasteiger partial charge is 0.328 e. The van der Waals surface area contributed by atoms with Gasteiger partial charge in [0.05, 0.1) is 49.8 Å². The van der Waals surface area contributed by atoms with E-state index in [1.807, 2.05) is 90.7 Å². The van der Waals surface area contributed by atoms with Crippen LogP contribution < -0.4 is 10.6 Å². The van der Waals surface area contributed by atoms with Crippen molar-refractivity contribution >= 4 is 29.6 Å². The van der Waals surface area contributed by atoms with Gasteiger partial charge in [-0.15, -0.1) is 0 Å². The normalized spacial score (nSPS) is 18.2. The molecule has 2 aromatic rings. The van der Waals surface area contributed by atoms with Gasteiger partial charge in [-0.25, -0.2) is 4.79 Å². The number of carbonyl (C=O) groups excluding carboxylic acids is 5. The zero-order chi connectivity index (χ0) is 45.6. The maximum atomic E-state index is 14.6. The maximum absolute atomic E-state index is 14.6. The second-order valence-corrected chi connectivity index (χ2v) is 17.7. The number of rotatable bonds is 23. The minimum Gasteiger partial charge on any atom is -0.467 e. The molecule has 0 aromatic heterocycles. The number of benzene rings is 2. The lowest BCUT2D eigenvalue weighted by Gasteiger charge is -2.41. The fraction of sp³-hybridized carbons (Fsp3) is 0.646. The SMILES string of the molecule is CC[C@H](C)[C@@H]([C@@H](CC(=O)N1CCC[C@H]1[C@H](OC)[C@@H](C)C(=O)N[C@@H](Cc1ccccc1)C(=O)OC)OC)N(C)C(=O)[C@@H](NC(=O)[C@H](C(C)C)N(C)Cc1ccc(C)cc1)C(C)C. The third-order valence-electron chi connectivity index (χ3n) is 12.5. The summed E-state index contributed by atoms with van der Waals surface area (Å²) in [4.78, 5) is 74.9. The summed E-state index contributed by atoms with van der Waals surface area (Å²) in [5.74, 6) is -2.55. The van der Waals surface area contributed by atoms with Crippen molar-refractivity contribution in [3.63, 3.8) is 0 Å². The molecule has 3 rings (SSSR count). The fourth-order valence-corrected chi connectivity index (χ4v) is 8.86. The Morgan fingerprint density at radius 1 is 0.820 bits per heavy atom. The zero-order valence-corrected chi connectivity index (χ0v) is 39.1. The highest BCUT2D eigenvalue weighted by atomic mass is 16.5. The standard InChI is InChI=1S/C48H75N5O8/c1-14-33(7)43(52(10)47(57)41(30(2)3)50-46(56)42(31(4)5)51(9)29-36-24-22-32(6)23-25-36)39(59-11)28-40(54)53-26-18-21-38(53)44(60-12)34(8)45(55)49-37(48(58)61-13)27-35-19-16-15-17-20-35/h15-17,19-20,22-25,30-31,33-34,37-39,41-44H,14,18,21,26-29H2,1-13H3,(H,49,55)(H,50,56)/t33-,34+,37-,38-,39+,41-,42-,43-,44+/m0/s1. The monoisotopic (exact) mass is 850 g/mol. The number of amides is 4. The summed E-state index contributed by atoms with van der Waals surface area (Å²) in [6, 6.07) is 14.6. The van der Waals surface area contributed by atoms with E-state index < -0.39 is 54.3 Å². The topological polar surface area (TPSA) is 147 Å². The van der Waals surface area contributed by atoms with Crippen molar-refractivity contribution in [2.75, 3.05) is 42.0 Å². The fourth-order valence-electron chi connectivity index (χ4n) is 8.86. The van der Waals surface area contributed by atoms with E-state index in [0.29, 0.717) is 19.5 Å². The lowest BCUT2D eigenvalue weighted by molar-refractivity contribution is -0.149. The van der Waals surface area contributed by atoms with E-state index in [9.17, 15) is 24.0 Å². The highest BCUT2D eigenvalue weighted by molar-refractivity contribution is 5.90. The van der Waals surface area contributed by atoms with Gasteiger partial charge in [-0.1, -0.05) is 115 Å². The van der Waals surface area contributed by atoms with Gasteiger partial charge in [0, 0.05) is 40.8 Å². The van der Waals surface area contributed by atoms with Crippen LogP contribution in [-0.2, 0) is 51.1 Å². The highest BCUT2D eigenvalue weighted by Gasteiger charge is 2.43. The number of likely N-dealkylation sites (N-methyl/N-ethyl adjacent to an activating group) is 2. The van der Waals surface area contributed by atoms with Crippen LogP contribution in [0.3, 0.4) is 0 Å². The van der Waals surface area contributed by atoms with Crippen LogP contribution in [0.5, 0.6) is 0 Å². The molecular formula is C48H75N5O8. The Morgan fingerprint density at radius 2 is 1.46 bits per heavy atom. The molecule has 1 aliphatic heterocycles. The predicted octanol–water partition coefficient (Wildman–Crippen LogP) is 5.41. The van der Waals surface area contributed by atoms with Gasteiger partial charge in [-0.3, -0.25) is 24.1 Å². The van der Waals surface area contributed by atoms with Crippen LogP contribution in [0.2, 0.25) is 0 Å². The third kappa shape index (κ3) is 13.8. The first kappa shape index (κ1) is 51.0. The molecule has 0 unspecified atom stereocenters. The van der Waals surface area contributed by atoms with Crippen molar-refractivity contribution in [3.8, 4) is 0 Å². The van der Waals surface area contributed by atoms with Crippen LogP contribution in [0, 0.1) is 30.6 Å². The maximum Gasteiger partial charge on any atom is 0.328 e. The summed E-state index contributed by atoms with van der Waals surface area (Å²) in [5.41, 5.74) is 3.14. The molecular weight excluding hydrogens is 775 g/mol. The Hall–Kier alpha value is -4.33. The Balaban J connectivity index is 1.79. The van der Waals surface area contributed by atoms with Crippen molar-refractivity contribution in [2.24, 2.45) is 23.7 Å². The lowest BCUT2D eigenvalue weighted by atomic mass is 9.89. The van der Waals surface area contributed by atoms with E-state index in [1.165, 1.54) is 19.8 Å². The molecule has 2 aromatic carbocycles. The van der Waals surface area contributed by atoms with Crippen molar-refractivity contribution < 1.29 is 38.2 Å². The van der Waals surface area contributed by atoms with Gasteiger partial charge >= 0.3 is 5.97 Å². The second-order valence-electron chi connectivity index (χ2n) is 17.7. The molecule has 1 fully saturated rings. The number of ether oxygens (including phenoxy) is 3. The Morgan fingerprint density at radius 3 is 2.00 bits per heavy atom. The third-order valence-corrected chi connectivity index (χ3v) is 12.5. The molecule has 4 amide bonds. The van der Waals surface area contributed by atoms with Crippen LogP contribution in [0.4, 0.5) is 0 Å². The van der Waals surface area contributed by atoms with Crippen LogP contribution >= 0.6 is 0 Å². The number of methoxy groups -OCH3 is 3. The Labute approximate surface area is 365 Å². The molecule has 1 aliphatic rings. The van der Waals surface area contributed by atoms with Gasteiger partial charge in [0.15, 0.2) is 0 Å². The Kier molecular flexibility index (Phi) is 20.4. The van der Waals surface area contributed by atoms with E-state index in [-0.39, 0.29) is 54.2 Å². The number of esters is 1. The molecule has 0 aliphatic carbocycles. The highest BCUT2D eigenvalue weighted by Crippen LogP contribution is 2.30. The van der Waals surface area contributed by atoms with Crippen LogP contribution in [0.25, 0.3) is 0 Å². The average Bonchev–Trinajstić information content (AvgIpc) is 3.72. The van der Waals surface area contributed by atoms with E-state index in [0.717, 1.165) is 24.0 Å². The van der Waals surface area contributed by atoms with E-state index in [4.69, 9.17) is 14.2 Å². The molecule has 0 bridgehead atoms.